The van der Waals surface area contributed by atoms with E-state index in [1.807, 2.05) is 0 Å². The van der Waals surface area contributed by atoms with Crippen LogP contribution in [0.3, 0.4) is 0 Å². The summed E-state index contributed by atoms with van der Waals surface area (Å²) in [7, 11) is 0. The third-order valence-electron chi connectivity index (χ3n) is 2.54. The number of fused-ring (bicyclic) bond motifs is 1. The summed E-state index contributed by atoms with van der Waals surface area (Å²) < 4.78 is 6.28. The molecule has 0 radical (unpaired) electrons. The molecule has 1 aliphatic carbocycles. The molecular weight excluding hydrogens is 200 g/mol. The monoisotopic (exact) mass is 208 g/mol. The van der Waals surface area contributed by atoms with E-state index in [4.69, 9.17) is 9.84 Å². The normalized spacial score (nSPS) is 33.5. The van der Waals surface area contributed by atoms with Crippen LogP contribution in [-0.4, -0.2) is 44.1 Å². The molecular formula is C9H8N2O4. The van der Waals surface area contributed by atoms with Crippen LogP contribution in [0.25, 0.3) is 5.70 Å². The van der Waals surface area contributed by atoms with Crippen LogP contribution in [0.1, 0.15) is 0 Å². The first-order valence-corrected chi connectivity index (χ1v) is 4.50. The predicted octanol–water partition coefficient (Wildman–Crippen LogP) is -0.859. The van der Waals surface area contributed by atoms with E-state index in [0.717, 1.165) is 0 Å². The van der Waals surface area contributed by atoms with Crippen LogP contribution in [0.5, 0.6) is 5.75 Å². The lowest BCUT2D eigenvalue weighted by atomic mass is 10.0. The third kappa shape index (κ3) is 1.19. The quantitative estimate of drug-likeness (QED) is 0.586. The van der Waals surface area contributed by atoms with E-state index in [1.165, 1.54) is 23.2 Å². The molecule has 1 aromatic heterocycles. The van der Waals surface area contributed by atoms with Crippen LogP contribution in [-0.2, 0) is 9.53 Å². The fourth-order valence-corrected chi connectivity index (χ4v) is 1.73. The highest BCUT2D eigenvalue weighted by Gasteiger charge is 2.53. The highest BCUT2D eigenvalue weighted by atomic mass is 16.6. The van der Waals surface area contributed by atoms with Gasteiger partial charge in [-0.3, -0.25) is 4.79 Å². The Morgan fingerprint density at radius 1 is 1.53 bits per heavy atom. The van der Waals surface area contributed by atoms with Gasteiger partial charge in [-0.15, -0.1) is 0 Å². The highest BCUT2D eigenvalue weighted by Crippen LogP contribution is 2.36. The molecule has 0 amide bonds. The average Bonchev–Trinajstić information content (AvgIpc) is 2.91. The topological polar surface area (TPSA) is 87.9 Å². The minimum atomic E-state index is -0.869. The van der Waals surface area contributed by atoms with E-state index in [1.54, 1.807) is 0 Å². The number of rotatable bonds is 1. The van der Waals surface area contributed by atoms with Crippen molar-refractivity contribution < 1.29 is 19.7 Å². The van der Waals surface area contributed by atoms with E-state index in [0.29, 0.717) is 5.70 Å². The highest BCUT2D eigenvalue weighted by molar-refractivity contribution is 6.02. The second-order valence-electron chi connectivity index (χ2n) is 3.58. The van der Waals surface area contributed by atoms with Crippen molar-refractivity contribution >= 4 is 11.5 Å². The molecule has 1 aromatic rings. The first-order valence-electron chi connectivity index (χ1n) is 4.50. The minimum absolute atomic E-state index is 0.0191. The summed E-state index contributed by atoms with van der Waals surface area (Å²) in [6.07, 6.45) is 2.04. The van der Waals surface area contributed by atoms with Crippen LogP contribution >= 0.6 is 0 Å². The van der Waals surface area contributed by atoms with E-state index in [2.05, 4.69) is 5.10 Å². The van der Waals surface area contributed by atoms with Gasteiger partial charge >= 0.3 is 0 Å². The van der Waals surface area contributed by atoms with E-state index in [-0.39, 0.29) is 11.5 Å². The number of carbonyl (C=O) groups is 1. The SMILES string of the molecule is O=C1C=C(n2cc(O)cn2)C(O)C2OC12. The molecule has 3 rings (SSSR count). The van der Waals surface area contributed by atoms with Crippen molar-refractivity contribution in [2.45, 2.75) is 18.3 Å². The van der Waals surface area contributed by atoms with E-state index < -0.39 is 18.3 Å². The first kappa shape index (κ1) is 8.63. The molecule has 6 heteroatoms. The minimum Gasteiger partial charge on any atom is -0.505 e. The summed E-state index contributed by atoms with van der Waals surface area (Å²) in [4.78, 5) is 11.4. The maximum atomic E-state index is 11.4. The number of ketones is 1. The van der Waals surface area contributed by atoms with Crippen LogP contribution in [0.15, 0.2) is 18.5 Å². The van der Waals surface area contributed by atoms with Crippen molar-refractivity contribution in [1.82, 2.24) is 9.78 Å². The molecule has 15 heavy (non-hydrogen) atoms. The van der Waals surface area contributed by atoms with Gasteiger partial charge in [0.25, 0.3) is 0 Å². The fraction of sp³-hybridized carbons (Fsp3) is 0.333. The average molecular weight is 208 g/mol. The lowest BCUT2D eigenvalue weighted by Gasteiger charge is -2.15. The van der Waals surface area contributed by atoms with Crippen LogP contribution in [0.4, 0.5) is 0 Å². The molecule has 6 nitrogen and oxygen atoms in total. The van der Waals surface area contributed by atoms with Crippen LogP contribution in [0, 0.1) is 0 Å². The molecule has 1 aliphatic heterocycles. The number of nitrogens with zero attached hydrogens (tertiary/aromatic N) is 2. The second kappa shape index (κ2) is 2.68. The zero-order valence-corrected chi connectivity index (χ0v) is 7.57. The van der Waals surface area contributed by atoms with Gasteiger partial charge in [0, 0.05) is 6.08 Å². The van der Waals surface area contributed by atoms with E-state index in [9.17, 15) is 9.90 Å². The number of aliphatic hydroxyl groups excluding tert-OH is 1. The van der Waals surface area contributed by atoms with Crippen molar-refractivity contribution in [2.75, 3.05) is 0 Å². The standard InChI is InChI=1S/C9H8N2O4/c12-4-2-10-11(3-4)5-1-6(13)8-9(15-8)7(5)14/h1-3,7-9,12,14H. The van der Waals surface area contributed by atoms with Crippen LogP contribution < -0.4 is 0 Å². The Kier molecular flexibility index (Phi) is 1.54. The molecule has 2 N–H and O–H groups in total. The lowest BCUT2D eigenvalue weighted by Crippen LogP contribution is -2.29. The van der Waals surface area contributed by atoms with Gasteiger partial charge in [-0.05, 0) is 0 Å². The first-order chi connectivity index (χ1) is 7.16. The molecule has 0 saturated carbocycles. The molecule has 2 aliphatic rings. The maximum Gasteiger partial charge on any atom is 0.189 e. The summed E-state index contributed by atoms with van der Waals surface area (Å²) in [5.74, 6) is -0.190. The van der Waals surface area contributed by atoms with Crippen molar-refractivity contribution in [2.24, 2.45) is 0 Å². The summed E-state index contributed by atoms with van der Waals surface area (Å²) in [5.41, 5.74) is 0.332. The molecule has 1 saturated heterocycles. The van der Waals surface area contributed by atoms with Crippen LogP contribution in [0.2, 0.25) is 0 Å². The molecule has 1 fully saturated rings. The summed E-state index contributed by atoms with van der Waals surface area (Å²) in [6.45, 7) is 0. The molecule has 3 atom stereocenters. The number of epoxide rings is 1. The largest absolute Gasteiger partial charge is 0.505 e. The molecule has 78 valence electrons. The summed E-state index contributed by atoms with van der Waals surface area (Å²) in [6, 6.07) is 0. The van der Waals surface area contributed by atoms with Gasteiger partial charge < -0.3 is 14.9 Å². The van der Waals surface area contributed by atoms with Gasteiger partial charge in [0.1, 0.15) is 18.3 Å². The van der Waals surface area contributed by atoms with Crippen molar-refractivity contribution in [3.8, 4) is 5.75 Å². The number of hydrogen-bond donors (Lipinski definition) is 2. The van der Waals surface area contributed by atoms with Gasteiger partial charge in [0.05, 0.1) is 18.1 Å². The Balaban J connectivity index is 2.01. The van der Waals surface area contributed by atoms with Gasteiger partial charge in [-0.1, -0.05) is 0 Å². The summed E-state index contributed by atoms with van der Waals surface area (Å²) >= 11 is 0. The molecule has 0 aromatic carbocycles. The molecule has 2 heterocycles. The Morgan fingerprint density at radius 2 is 2.33 bits per heavy atom. The lowest BCUT2D eigenvalue weighted by molar-refractivity contribution is -0.115. The van der Waals surface area contributed by atoms with Gasteiger partial charge in [-0.2, -0.15) is 5.10 Å². The number of carbonyl (C=O) groups excluding carboxylic acids is 1. The number of aliphatic hydroxyl groups is 1. The fourth-order valence-electron chi connectivity index (χ4n) is 1.73. The number of aromatic nitrogens is 2. The molecule has 3 unspecified atom stereocenters. The Labute approximate surface area is 84.4 Å². The van der Waals surface area contributed by atoms with Crippen molar-refractivity contribution in [3.63, 3.8) is 0 Å². The van der Waals surface area contributed by atoms with Gasteiger partial charge in [0.15, 0.2) is 11.5 Å². The van der Waals surface area contributed by atoms with Crippen molar-refractivity contribution in [3.05, 3.63) is 18.5 Å². The zero-order valence-electron chi connectivity index (χ0n) is 7.57. The Hall–Kier alpha value is -1.66. The maximum absolute atomic E-state index is 11.4. The number of hydrogen-bond acceptors (Lipinski definition) is 5. The Bertz CT molecular complexity index is 464. The second-order valence-corrected chi connectivity index (χ2v) is 3.58. The molecule has 0 bridgehead atoms. The predicted molar refractivity (Wildman–Crippen MR) is 47.8 cm³/mol. The van der Waals surface area contributed by atoms with Crippen molar-refractivity contribution in [1.29, 1.82) is 0 Å². The number of ether oxygens (including phenoxy) is 1. The summed E-state index contributed by atoms with van der Waals surface area (Å²) in [5, 5.41) is 22.7. The number of aromatic hydroxyl groups is 1. The van der Waals surface area contributed by atoms with E-state index >= 15 is 0 Å². The Morgan fingerprint density at radius 3 is 3.00 bits per heavy atom. The van der Waals surface area contributed by atoms with Gasteiger partial charge in [-0.25, -0.2) is 4.68 Å². The third-order valence-corrected chi connectivity index (χ3v) is 2.54. The molecule has 0 spiro atoms. The zero-order chi connectivity index (χ0) is 10.6. The van der Waals surface area contributed by atoms with Gasteiger partial charge in [0.2, 0.25) is 0 Å². The smallest absolute Gasteiger partial charge is 0.189 e.